The molecule has 4 rings (SSSR count). The zero-order valence-corrected chi connectivity index (χ0v) is 14.3. The third kappa shape index (κ3) is 2.51. The van der Waals surface area contributed by atoms with E-state index >= 15 is 0 Å². The number of amides is 2. The maximum Gasteiger partial charge on any atom is 0.255 e. The Morgan fingerprint density at radius 2 is 2.00 bits per heavy atom. The van der Waals surface area contributed by atoms with Gasteiger partial charge in [-0.15, -0.1) is 0 Å². The van der Waals surface area contributed by atoms with Crippen LogP contribution in [0.1, 0.15) is 28.3 Å². The molecule has 0 aliphatic carbocycles. The molecule has 5 nitrogen and oxygen atoms in total. The minimum absolute atomic E-state index is 0.0340. The molecule has 5 heteroatoms. The smallest absolute Gasteiger partial charge is 0.255 e. The Kier molecular flexibility index (Phi) is 3.79. The molecule has 2 saturated heterocycles. The van der Waals surface area contributed by atoms with Crippen molar-refractivity contribution in [3.63, 3.8) is 0 Å². The van der Waals surface area contributed by atoms with Gasteiger partial charge in [0.2, 0.25) is 5.91 Å². The Morgan fingerprint density at radius 1 is 1.20 bits per heavy atom. The quantitative estimate of drug-likeness (QED) is 0.845. The van der Waals surface area contributed by atoms with Gasteiger partial charge in [0.05, 0.1) is 11.0 Å². The molecule has 3 heterocycles. The first-order chi connectivity index (χ1) is 12.1. The standard InChI is InChI=1S/C20H21N3O2/c1-22-11-9-20(19(22)25)14-23(18(24)16-8-5-10-21-12-16)13-17(20)15-6-3-2-4-7-15/h2-8,10,12,17H,9,11,13-14H2,1H3/t17-,20+/m1/s1. The van der Waals surface area contributed by atoms with Gasteiger partial charge in [0.25, 0.3) is 5.91 Å². The summed E-state index contributed by atoms with van der Waals surface area (Å²) in [4.78, 5) is 33.6. The lowest BCUT2D eigenvalue weighted by Crippen LogP contribution is -2.39. The van der Waals surface area contributed by atoms with Crippen LogP contribution in [0.15, 0.2) is 54.9 Å². The van der Waals surface area contributed by atoms with Gasteiger partial charge < -0.3 is 9.80 Å². The molecule has 2 aliphatic rings. The van der Waals surface area contributed by atoms with Crippen molar-refractivity contribution in [1.29, 1.82) is 0 Å². The monoisotopic (exact) mass is 335 g/mol. The van der Waals surface area contributed by atoms with Crippen LogP contribution >= 0.6 is 0 Å². The van der Waals surface area contributed by atoms with Crippen LogP contribution < -0.4 is 0 Å². The number of rotatable bonds is 2. The van der Waals surface area contributed by atoms with E-state index in [9.17, 15) is 9.59 Å². The molecule has 2 aromatic rings. The Balaban J connectivity index is 1.70. The average Bonchev–Trinajstić information content (AvgIpc) is 3.19. The maximum atomic E-state index is 13.0. The highest BCUT2D eigenvalue weighted by Crippen LogP contribution is 2.49. The fourth-order valence-electron chi connectivity index (χ4n) is 4.27. The summed E-state index contributed by atoms with van der Waals surface area (Å²) in [7, 11) is 1.85. The molecule has 2 atom stereocenters. The third-order valence-electron chi connectivity index (χ3n) is 5.61. The van der Waals surface area contributed by atoms with Gasteiger partial charge in [0, 0.05) is 45.0 Å². The maximum absolute atomic E-state index is 13.0. The second-order valence-corrected chi connectivity index (χ2v) is 7.02. The molecule has 0 bridgehead atoms. The first kappa shape index (κ1) is 15.8. The van der Waals surface area contributed by atoms with E-state index in [4.69, 9.17) is 0 Å². The van der Waals surface area contributed by atoms with E-state index in [1.807, 2.05) is 30.1 Å². The number of pyridine rings is 1. The van der Waals surface area contributed by atoms with Crippen LogP contribution in [0.2, 0.25) is 0 Å². The van der Waals surface area contributed by atoms with E-state index in [0.29, 0.717) is 18.7 Å². The van der Waals surface area contributed by atoms with Gasteiger partial charge in [0.15, 0.2) is 0 Å². The number of benzene rings is 1. The van der Waals surface area contributed by atoms with Crippen LogP contribution in [0.5, 0.6) is 0 Å². The highest BCUT2D eigenvalue weighted by Gasteiger charge is 2.57. The van der Waals surface area contributed by atoms with Gasteiger partial charge in [-0.1, -0.05) is 30.3 Å². The number of likely N-dealkylation sites (tertiary alicyclic amines) is 2. The fourth-order valence-corrected chi connectivity index (χ4v) is 4.27. The zero-order chi connectivity index (χ0) is 17.4. The lowest BCUT2D eigenvalue weighted by molar-refractivity contribution is -0.134. The molecular weight excluding hydrogens is 314 g/mol. The van der Waals surface area contributed by atoms with Crippen LogP contribution in [0.4, 0.5) is 0 Å². The van der Waals surface area contributed by atoms with Crippen molar-refractivity contribution in [2.75, 3.05) is 26.7 Å². The largest absolute Gasteiger partial charge is 0.345 e. The summed E-state index contributed by atoms with van der Waals surface area (Å²) in [6, 6.07) is 13.6. The number of hydrogen-bond acceptors (Lipinski definition) is 3. The summed E-state index contributed by atoms with van der Waals surface area (Å²) >= 11 is 0. The fraction of sp³-hybridized carbons (Fsp3) is 0.350. The second-order valence-electron chi connectivity index (χ2n) is 7.02. The Hall–Kier alpha value is -2.69. The van der Waals surface area contributed by atoms with E-state index in [-0.39, 0.29) is 17.7 Å². The third-order valence-corrected chi connectivity index (χ3v) is 5.61. The topological polar surface area (TPSA) is 53.5 Å². The molecule has 2 amide bonds. The number of carbonyl (C=O) groups is 2. The first-order valence-electron chi connectivity index (χ1n) is 8.62. The molecule has 1 aromatic heterocycles. The van der Waals surface area contributed by atoms with E-state index in [0.717, 1.165) is 18.5 Å². The number of nitrogens with zero attached hydrogens (tertiary/aromatic N) is 3. The van der Waals surface area contributed by atoms with Gasteiger partial charge >= 0.3 is 0 Å². The lowest BCUT2D eigenvalue weighted by Gasteiger charge is -2.28. The summed E-state index contributed by atoms with van der Waals surface area (Å²) in [6.07, 6.45) is 4.04. The molecule has 0 saturated carbocycles. The van der Waals surface area contributed by atoms with Gasteiger partial charge in [-0.3, -0.25) is 14.6 Å². The number of hydrogen-bond donors (Lipinski definition) is 0. The molecule has 0 N–H and O–H groups in total. The van der Waals surface area contributed by atoms with Crippen molar-refractivity contribution in [3.8, 4) is 0 Å². The molecule has 128 valence electrons. The minimum atomic E-state index is -0.506. The van der Waals surface area contributed by atoms with Crippen LogP contribution in [-0.4, -0.2) is 53.3 Å². The zero-order valence-electron chi connectivity index (χ0n) is 14.3. The number of carbonyl (C=O) groups excluding carboxylic acids is 2. The van der Waals surface area contributed by atoms with Crippen molar-refractivity contribution in [1.82, 2.24) is 14.8 Å². The molecule has 0 unspecified atom stereocenters. The van der Waals surface area contributed by atoms with E-state index < -0.39 is 5.41 Å². The Bertz CT molecular complexity index is 793. The average molecular weight is 335 g/mol. The molecule has 1 spiro atoms. The molecule has 25 heavy (non-hydrogen) atoms. The van der Waals surface area contributed by atoms with Crippen molar-refractivity contribution in [3.05, 3.63) is 66.0 Å². The number of aromatic nitrogens is 1. The molecule has 0 radical (unpaired) electrons. The summed E-state index contributed by atoms with van der Waals surface area (Å²) < 4.78 is 0. The summed E-state index contributed by atoms with van der Waals surface area (Å²) in [6.45, 7) is 1.79. The van der Waals surface area contributed by atoms with Gasteiger partial charge in [-0.25, -0.2) is 0 Å². The van der Waals surface area contributed by atoms with Crippen LogP contribution in [0.3, 0.4) is 0 Å². The van der Waals surface area contributed by atoms with Crippen molar-refractivity contribution < 1.29 is 9.59 Å². The lowest BCUT2D eigenvalue weighted by atomic mass is 9.73. The molecule has 1 aromatic carbocycles. The van der Waals surface area contributed by atoms with Crippen LogP contribution in [0, 0.1) is 5.41 Å². The van der Waals surface area contributed by atoms with E-state index in [1.165, 1.54) is 0 Å². The summed E-state index contributed by atoms with van der Waals surface area (Å²) in [5, 5.41) is 0. The molecular formula is C20H21N3O2. The second kappa shape index (κ2) is 5.99. The van der Waals surface area contributed by atoms with Crippen LogP contribution in [0.25, 0.3) is 0 Å². The van der Waals surface area contributed by atoms with E-state index in [1.54, 1.807) is 29.4 Å². The van der Waals surface area contributed by atoms with Gasteiger partial charge in [0.1, 0.15) is 0 Å². The normalized spacial score (nSPS) is 25.8. The molecule has 2 aliphatic heterocycles. The van der Waals surface area contributed by atoms with Crippen molar-refractivity contribution >= 4 is 11.8 Å². The van der Waals surface area contributed by atoms with E-state index in [2.05, 4.69) is 17.1 Å². The Labute approximate surface area is 147 Å². The van der Waals surface area contributed by atoms with Gasteiger partial charge in [-0.2, -0.15) is 0 Å². The highest BCUT2D eigenvalue weighted by molar-refractivity contribution is 5.96. The summed E-state index contributed by atoms with van der Waals surface area (Å²) in [5.74, 6) is 0.142. The first-order valence-corrected chi connectivity index (χ1v) is 8.62. The minimum Gasteiger partial charge on any atom is -0.345 e. The highest BCUT2D eigenvalue weighted by atomic mass is 16.2. The SMILES string of the molecule is CN1CC[C@@]2(CN(C(=O)c3cccnc3)C[C@@H]2c2ccccc2)C1=O. The van der Waals surface area contributed by atoms with Gasteiger partial charge in [-0.05, 0) is 24.1 Å². The van der Waals surface area contributed by atoms with Crippen LogP contribution in [-0.2, 0) is 4.79 Å². The molecule has 2 fully saturated rings. The van der Waals surface area contributed by atoms with Crippen molar-refractivity contribution in [2.45, 2.75) is 12.3 Å². The predicted molar refractivity (Wildman–Crippen MR) is 94.0 cm³/mol. The Morgan fingerprint density at radius 3 is 2.64 bits per heavy atom. The van der Waals surface area contributed by atoms with Crippen molar-refractivity contribution in [2.24, 2.45) is 5.41 Å². The summed E-state index contributed by atoms with van der Waals surface area (Å²) in [5.41, 5.74) is 1.20. The predicted octanol–water partition coefficient (Wildman–Crippen LogP) is 2.17.